The molecule has 1 aromatic rings. The number of carboxylic acids is 1. The summed E-state index contributed by atoms with van der Waals surface area (Å²) < 4.78 is 5.65. The molecule has 1 aliphatic rings. The molecule has 1 aliphatic heterocycles. The van der Waals surface area contributed by atoms with E-state index >= 15 is 0 Å². The molecule has 1 saturated heterocycles. The molecule has 0 radical (unpaired) electrons. The highest BCUT2D eigenvalue weighted by Crippen LogP contribution is 2.19. The van der Waals surface area contributed by atoms with Crippen LogP contribution in [-0.4, -0.2) is 48.0 Å². The van der Waals surface area contributed by atoms with Gasteiger partial charge in [-0.3, -0.25) is 14.5 Å². The Labute approximate surface area is 118 Å². The molecule has 0 saturated carbocycles. The third-order valence-corrected chi connectivity index (χ3v) is 3.55. The van der Waals surface area contributed by atoms with Gasteiger partial charge in [0, 0.05) is 13.1 Å². The summed E-state index contributed by atoms with van der Waals surface area (Å²) >= 11 is 0. The Kier molecular flexibility index (Phi) is 4.74. The Balaban J connectivity index is 1.82. The average molecular weight is 277 g/mol. The third-order valence-electron chi connectivity index (χ3n) is 3.55. The standard InChI is InChI=1S/C15H19NO4/c1-11(17)13-4-2-3-5-14(13)20-9-8-16-7-6-12(10-16)15(18)19/h2-5,12H,6-10H2,1H3,(H,18,19). The van der Waals surface area contributed by atoms with E-state index in [2.05, 4.69) is 4.90 Å². The molecule has 1 heterocycles. The summed E-state index contributed by atoms with van der Waals surface area (Å²) in [5.41, 5.74) is 0.581. The lowest BCUT2D eigenvalue weighted by Crippen LogP contribution is -2.27. The molecule has 1 N–H and O–H groups in total. The second-order valence-corrected chi connectivity index (χ2v) is 5.03. The predicted octanol–water partition coefficient (Wildman–Crippen LogP) is 1.67. The highest BCUT2D eigenvalue weighted by Gasteiger charge is 2.27. The maximum Gasteiger partial charge on any atom is 0.307 e. The van der Waals surface area contributed by atoms with E-state index in [0.29, 0.717) is 37.4 Å². The second kappa shape index (κ2) is 6.52. The molecule has 20 heavy (non-hydrogen) atoms. The van der Waals surface area contributed by atoms with Crippen LogP contribution in [0, 0.1) is 5.92 Å². The topological polar surface area (TPSA) is 66.8 Å². The van der Waals surface area contributed by atoms with Crippen LogP contribution in [0.4, 0.5) is 0 Å². The fourth-order valence-electron chi connectivity index (χ4n) is 2.41. The number of carbonyl (C=O) groups is 2. The molecule has 0 bridgehead atoms. The van der Waals surface area contributed by atoms with Gasteiger partial charge < -0.3 is 9.84 Å². The summed E-state index contributed by atoms with van der Waals surface area (Å²) in [6.07, 6.45) is 0.694. The van der Waals surface area contributed by atoms with Crippen molar-refractivity contribution in [1.82, 2.24) is 4.90 Å². The maximum atomic E-state index is 11.4. The van der Waals surface area contributed by atoms with Crippen LogP contribution >= 0.6 is 0 Å². The van der Waals surface area contributed by atoms with E-state index in [1.165, 1.54) is 6.92 Å². The Bertz CT molecular complexity index is 500. The molecule has 5 heteroatoms. The van der Waals surface area contributed by atoms with E-state index < -0.39 is 5.97 Å². The van der Waals surface area contributed by atoms with Crippen molar-refractivity contribution in [1.29, 1.82) is 0 Å². The maximum absolute atomic E-state index is 11.4. The molecule has 0 aliphatic carbocycles. The van der Waals surface area contributed by atoms with Crippen LogP contribution in [-0.2, 0) is 4.79 Å². The number of para-hydroxylation sites is 1. The van der Waals surface area contributed by atoms with Gasteiger partial charge in [-0.1, -0.05) is 12.1 Å². The van der Waals surface area contributed by atoms with Gasteiger partial charge in [0.15, 0.2) is 5.78 Å². The predicted molar refractivity (Wildman–Crippen MR) is 74.1 cm³/mol. The van der Waals surface area contributed by atoms with Crippen molar-refractivity contribution in [2.75, 3.05) is 26.2 Å². The second-order valence-electron chi connectivity index (χ2n) is 5.03. The fraction of sp³-hybridized carbons (Fsp3) is 0.467. The van der Waals surface area contributed by atoms with E-state index in [0.717, 1.165) is 6.54 Å². The van der Waals surface area contributed by atoms with E-state index in [9.17, 15) is 9.59 Å². The van der Waals surface area contributed by atoms with Gasteiger partial charge in [0.1, 0.15) is 12.4 Å². The molecule has 108 valence electrons. The van der Waals surface area contributed by atoms with Crippen molar-refractivity contribution in [3.63, 3.8) is 0 Å². The van der Waals surface area contributed by atoms with Gasteiger partial charge in [-0.2, -0.15) is 0 Å². The summed E-state index contributed by atoms with van der Waals surface area (Å²) in [4.78, 5) is 24.4. The van der Waals surface area contributed by atoms with Crippen LogP contribution in [0.2, 0.25) is 0 Å². The first-order chi connectivity index (χ1) is 9.58. The first-order valence-corrected chi connectivity index (χ1v) is 6.76. The van der Waals surface area contributed by atoms with Crippen molar-refractivity contribution in [3.05, 3.63) is 29.8 Å². The van der Waals surface area contributed by atoms with Crippen LogP contribution < -0.4 is 4.74 Å². The summed E-state index contributed by atoms with van der Waals surface area (Å²) in [5.74, 6) is -0.420. The van der Waals surface area contributed by atoms with Crippen LogP contribution in [0.15, 0.2) is 24.3 Å². The van der Waals surface area contributed by atoms with Crippen LogP contribution in [0.5, 0.6) is 5.75 Å². The number of carbonyl (C=O) groups excluding carboxylic acids is 1. The Morgan fingerprint density at radius 3 is 2.80 bits per heavy atom. The van der Waals surface area contributed by atoms with E-state index in [4.69, 9.17) is 9.84 Å². The lowest BCUT2D eigenvalue weighted by Gasteiger charge is -2.16. The molecule has 0 spiro atoms. The summed E-state index contributed by atoms with van der Waals surface area (Å²) in [5, 5.41) is 8.94. The number of rotatable bonds is 6. The van der Waals surface area contributed by atoms with Gasteiger partial charge in [0.05, 0.1) is 11.5 Å². The number of ketones is 1. The van der Waals surface area contributed by atoms with Crippen molar-refractivity contribution in [2.24, 2.45) is 5.92 Å². The van der Waals surface area contributed by atoms with Crippen LogP contribution in [0.25, 0.3) is 0 Å². The number of likely N-dealkylation sites (tertiary alicyclic amines) is 1. The zero-order valence-electron chi connectivity index (χ0n) is 11.5. The van der Waals surface area contributed by atoms with Crippen molar-refractivity contribution >= 4 is 11.8 Å². The van der Waals surface area contributed by atoms with Gasteiger partial charge in [-0.15, -0.1) is 0 Å². The van der Waals surface area contributed by atoms with Gasteiger partial charge in [0.2, 0.25) is 0 Å². The highest BCUT2D eigenvalue weighted by atomic mass is 16.5. The zero-order chi connectivity index (χ0) is 14.5. The smallest absolute Gasteiger partial charge is 0.307 e. The first-order valence-electron chi connectivity index (χ1n) is 6.76. The minimum absolute atomic E-state index is 0.0206. The normalized spacial score (nSPS) is 18.9. The number of benzene rings is 1. The quantitative estimate of drug-likeness (QED) is 0.801. The third kappa shape index (κ3) is 3.57. The summed E-state index contributed by atoms with van der Waals surface area (Å²) in [7, 11) is 0. The lowest BCUT2D eigenvalue weighted by atomic mass is 10.1. The monoisotopic (exact) mass is 277 g/mol. The van der Waals surface area contributed by atoms with E-state index in [-0.39, 0.29) is 11.7 Å². The van der Waals surface area contributed by atoms with Crippen LogP contribution in [0.3, 0.4) is 0 Å². The van der Waals surface area contributed by atoms with Gasteiger partial charge in [-0.25, -0.2) is 0 Å². The average Bonchev–Trinajstić information content (AvgIpc) is 2.88. The van der Waals surface area contributed by atoms with Gasteiger partial charge in [-0.05, 0) is 32.0 Å². The number of ether oxygens (including phenoxy) is 1. The number of carboxylic acid groups (broad SMARTS) is 1. The molecule has 1 fully saturated rings. The number of hydrogen-bond acceptors (Lipinski definition) is 4. The molecule has 0 aromatic heterocycles. The minimum atomic E-state index is -0.727. The first kappa shape index (κ1) is 14.5. The molecular weight excluding hydrogens is 258 g/mol. The van der Waals surface area contributed by atoms with Crippen molar-refractivity contribution < 1.29 is 19.4 Å². The van der Waals surface area contributed by atoms with Crippen LogP contribution in [0.1, 0.15) is 23.7 Å². The Morgan fingerprint density at radius 2 is 2.15 bits per heavy atom. The molecule has 5 nitrogen and oxygen atoms in total. The number of nitrogens with zero attached hydrogens (tertiary/aromatic N) is 1. The largest absolute Gasteiger partial charge is 0.491 e. The Hall–Kier alpha value is -1.88. The van der Waals surface area contributed by atoms with E-state index in [1.807, 2.05) is 12.1 Å². The highest BCUT2D eigenvalue weighted by molar-refractivity contribution is 5.96. The minimum Gasteiger partial charge on any atom is -0.491 e. The lowest BCUT2D eigenvalue weighted by molar-refractivity contribution is -0.141. The molecule has 1 unspecified atom stereocenters. The molecular formula is C15H19NO4. The van der Waals surface area contributed by atoms with Crippen molar-refractivity contribution in [3.8, 4) is 5.75 Å². The Morgan fingerprint density at radius 1 is 1.40 bits per heavy atom. The number of hydrogen-bond donors (Lipinski definition) is 1. The van der Waals surface area contributed by atoms with Gasteiger partial charge >= 0.3 is 5.97 Å². The summed E-state index contributed by atoms with van der Waals surface area (Å²) in [6, 6.07) is 7.16. The number of aliphatic carboxylic acids is 1. The van der Waals surface area contributed by atoms with Gasteiger partial charge in [0.25, 0.3) is 0 Å². The SMILES string of the molecule is CC(=O)c1ccccc1OCCN1CCC(C(=O)O)C1. The fourth-order valence-corrected chi connectivity index (χ4v) is 2.41. The molecule has 2 rings (SSSR count). The molecule has 0 amide bonds. The van der Waals surface area contributed by atoms with E-state index in [1.54, 1.807) is 12.1 Å². The molecule has 1 aromatic carbocycles. The number of Topliss-reactive ketones (excluding diaryl/α,β-unsaturated/α-hetero) is 1. The molecule has 1 atom stereocenters. The zero-order valence-corrected chi connectivity index (χ0v) is 11.5. The van der Waals surface area contributed by atoms with Crippen molar-refractivity contribution in [2.45, 2.75) is 13.3 Å². The summed E-state index contributed by atoms with van der Waals surface area (Å²) in [6.45, 7) is 4.01.